The Kier molecular flexibility index (Phi) is 5.13. The highest BCUT2D eigenvalue weighted by molar-refractivity contribution is 5.86. The van der Waals surface area contributed by atoms with Gasteiger partial charge in [-0.3, -0.25) is 9.59 Å². The van der Waals surface area contributed by atoms with Gasteiger partial charge in [-0.15, -0.1) is 0 Å². The number of amides is 1. The summed E-state index contributed by atoms with van der Waals surface area (Å²) in [7, 11) is 3.15. The largest absolute Gasteiger partial charge is 0.493 e. The summed E-state index contributed by atoms with van der Waals surface area (Å²) in [5.41, 5.74) is 0.997. The van der Waals surface area contributed by atoms with Crippen molar-refractivity contribution in [2.75, 3.05) is 20.8 Å². The number of methoxy groups -OCH3 is 2. The van der Waals surface area contributed by atoms with E-state index in [0.717, 1.165) is 18.4 Å². The number of carboxylic acid groups (broad SMARTS) is 1. The molecule has 3 rings (SSSR count). The van der Waals surface area contributed by atoms with Crippen LogP contribution in [0.25, 0.3) is 0 Å². The van der Waals surface area contributed by atoms with Crippen molar-refractivity contribution in [3.05, 3.63) is 23.8 Å². The van der Waals surface area contributed by atoms with Gasteiger partial charge in [0.25, 0.3) is 0 Å². The lowest BCUT2D eigenvalue weighted by Crippen LogP contribution is -2.44. The summed E-state index contributed by atoms with van der Waals surface area (Å²) >= 11 is 0. The zero-order valence-electron chi connectivity index (χ0n) is 14.4. The maximum atomic E-state index is 12.5. The monoisotopic (exact) mass is 349 g/mol. The third-order valence-corrected chi connectivity index (χ3v) is 5.02. The average Bonchev–Trinajstić information content (AvgIpc) is 3.22. The molecule has 136 valence electrons. The van der Waals surface area contributed by atoms with E-state index in [1.165, 1.54) is 0 Å². The second kappa shape index (κ2) is 7.31. The van der Waals surface area contributed by atoms with Crippen LogP contribution in [0.3, 0.4) is 0 Å². The van der Waals surface area contributed by atoms with E-state index in [-0.39, 0.29) is 18.1 Å². The van der Waals surface area contributed by atoms with Gasteiger partial charge in [0.05, 0.1) is 38.3 Å². The molecule has 1 aromatic rings. The lowest BCUT2D eigenvalue weighted by atomic mass is 9.78. The number of benzene rings is 1. The maximum Gasteiger partial charge on any atom is 0.310 e. The van der Waals surface area contributed by atoms with E-state index in [1.807, 2.05) is 18.2 Å². The van der Waals surface area contributed by atoms with Crippen LogP contribution in [-0.4, -0.2) is 50.0 Å². The van der Waals surface area contributed by atoms with E-state index in [4.69, 9.17) is 14.2 Å². The van der Waals surface area contributed by atoms with Gasteiger partial charge >= 0.3 is 5.97 Å². The quantitative estimate of drug-likeness (QED) is 0.769. The summed E-state index contributed by atoms with van der Waals surface area (Å²) in [6.45, 7) is 0.425. The predicted molar refractivity (Wildman–Crippen MR) is 88.8 cm³/mol. The van der Waals surface area contributed by atoms with Crippen LogP contribution in [-0.2, 0) is 20.7 Å². The highest BCUT2D eigenvalue weighted by Gasteiger charge is 2.55. The number of carboxylic acids is 1. The van der Waals surface area contributed by atoms with Gasteiger partial charge in [-0.25, -0.2) is 0 Å². The molecule has 0 saturated carbocycles. The molecule has 0 unspecified atom stereocenters. The molecule has 2 saturated heterocycles. The molecule has 0 aromatic heterocycles. The van der Waals surface area contributed by atoms with Crippen molar-refractivity contribution < 1.29 is 28.9 Å². The first-order valence-electron chi connectivity index (χ1n) is 8.42. The van der Waals surface area contributed by atoms with Crippen molar-refractivity contribution in [1.82, 2.24) is 5.32 Å². The molecule has 0 radical (unpaired) electrons. The molecule has 0 spiro atoms. The topological polar surface area (TPSA) is 94.1 Å². The molecule has 2 aliphatic rings. The fourth-order valence-corrected chi connectivity index (χ4v) is 3.81. The molecule has 4 atom stereocenters. The molecule has 7 nitrogen and oxygen atoms in total. The Morgan fingerprint density at radius 1 is 1.16 bits per heavy atom. The van der Waals surface area contributed by atoms with Gasteiger partial charge in [-0.1, -0.05) is 6.07 Å². The highest BCUT2D eigenvalue weighted by atomic mass is 16.5. The smallest absolute Gasteiger partial charge is 0.310 e. The number of nitrogens with one attached hydrogen (secondary N) is 1. The Bertz CT molecular complexity index is 661. The molecule has 1 amide bonds. The average molecular weight is 349 g/mol. The van der Waals surface area contributed by atoms with E-state index >= 15 is 0 Å². The molecular formula is C18H23NO6. The van der Waals surface area contributed by atoms with Crippen molar-refractivity contribution in [1.29, 1.82) is 0 Å². The Morgan fingerprint density at radius 3 is 2.48 bits per heavy atom. The Morgan fingerprint density at radius 2 is 1.84 bits per heavy atom. The number of carbonyl (C=O) groups is 2. The van der Waals surface area contributed by atoms with Crippen molar-refractivity contribution in [2.24, 2.45) is 11.8 Å². The maximum absolute atomic E-state index is 12.5. The molecule has 25 heavy (non-hydrogen) atoms. The molecule has 2 aliphatic heterocycles. The Labute approximate surface area is 146 Å². The van der Waals surface area contributed by atoms with E-state index in [0.29, 0.717) is 24.5 Å². The van der Waals surface area contributed by atoms with Crippen molar-refractivity contribution in [3.63, 3.8) is 0 Å². The summed E-state index contributed by atoms with van der Waals surface area (Å²) in [5, 5.41) is 12.2. The minimum atomic E-state index is -0.952. The van der Waals surface area contributed by atoms with E-state index in [9.17, 15) is 14.7 Å². The summed E-state index contributed by atoms with van der Waals surface area (Å²) in [6, 6.07) is 5.60. The molecule has 0 aliphatic carbocycles. The zero-order chi connectivity index (χ0) is 18.0. The van der Waals surface area contributed by atoms with Gasteiger partial charge < -0.3 is 24.6 Å². The number of hydrogen-bond donors (Lipinski definition) is 2. The van der Waals surface area contributed by atoms with E-state index in [1.54, 1.807) is 14.2 Å². The third kappa shape index (κ3) is 3.42. The first-order chi connectivity index (χ1) is 12.0. The first-order valence-corrected chi connectivity index (χ1v) is 8.42. The number of carbonyl (C=O) groups excluding carboxylic acids is 1. The fourth-order valence-electron chi connectivity index (χ4n) is 3.81. The van der Waals surface area contributed by atoms with Crippen LogP contribution in [0.1, 0.15) is 18.4 Å². The predicted octanol–water partition coefficient (Wildman–Crippen LogP) is 1.24. The molecular weight excluding hydrogens is 326 g/mol. The molecule has 2 bridgehead atoms. The van der Waals surface area contributed by atoms with Crippen molar-refractivity contribution in [3.8, 4) is 11.5 Å². The van der Waals surface area contributed by atoms with E-state index in [2.05, 4.69) is 5.32 Å². The molecule has 2 N–H and O–H groups in total. The highest BCUT2D eigenvalue weighted by Crippen LogP contribution is 2.43. The number of ether oxygens (including phenoxy) is 3. The number of rotatable bonds is 7. The van der Waals surface area contributed by atoms with Gasteiger partial charge in [-0.05, 0) is 37.0 Å². The summed E-state index contributed by atoms with van der Waals surface area (Å²) < 4.78 is 16.1. The van der Waals surface area contributed by atoms with Crippen molar-refractivity contribution in [2.45, 2.75) is 31.5 Å². The minimum Gasteiger partial charge on any atom is -0.493 e. The van der Waals surface area contributed by atoms with Gasteiger partial charge in [0.2, 0.25) is 5.91 Å². The van der Waals surface area contributed by atoms with Crippen LogP contribution < -0.4 is 14.8 Å². The Hall–Kier alpha value is -2.28. The van der Waals surface area contributed by atoms with Gasteiger partial charge in [0.1, 0.15) is 0 Å². The van der Waals surface area contributed by atoms with E-state index < -0.39 is 17.8 Å². The van der Waals surface area contributed by atoms with Crippen LogP contribution in [0, 0.1) is 11.8 Å². The molecule has 2 heterocycles. The third-order valence-electron chi connectivity index (χ3n) is 5.02. The normalized spacial score (nSPS) is 27.1. The standard InChI is InChI=1S/C18H23NO6/c1-23-11-4-3-10(9-14(11)24-2)7-8-19-17(20)15-12-5-6-13(25-12)16(15)18(21)22/h3-4,9,12-13,15-16H,5-8H2,1-2H3,(H,19,20)(H,21,22)/t12-,13+,15+,16-/m0/s1. The second-order valence-corrected chi connectivity index (χ2v) is 6.41. The molecule has 2 fully saturated rings. The summed E-state index contributed by atoms with van der Waals surface area (Å²) in [6.07, 6.45) is 1.49. The van der Waals surface area contributed by atoms with Gasteiger partial charge in [0, 0.05) is 6.54 Å². The Balaban J connectivity index is 1.57. The number of aliphatic carboxylic acids is 1. The van der Waals surface area contributed by atoms with Gasteiger partial charge in [0.15, 0.2) is 11.5 Å². The van der Waals surface area contributed by atoms with Crippen LogP contribution in [0.4, 0.5) is 0 Å². The summed E-state index contributed by atoms with van der Waals surface area (Å²) in [5.74, 6) is -1.23. The van der Waals surface area contributed by atoms with Crippen molar-refractivity contribution >= 4 is 11.9 Å². The minimum absolute atomic E-state index is 0.236. The van der Waals surface area contributed by atoms with Crippen LogP contribution in [0.2, 0.25) is 0 Å². The molecule has 7 heteroatoms. The second-order valence-electron chi connectivity index (χ2n) is 6.41. The van der Waals surface area contributed by atoms with Gasteiger partial charge in [-0.2, -0.15) is 0 Å². The fraction of sp³-hybridized carbons (Fsp3) is 0.556. The SMILES string of the molecule is COc1ccc(CCNC(=O)[C@H]2[C@@H](C(=O)O)[C@H]3CC[C@@H]2O3)cc1OC. The van der Waals surface area contributed by atoms with Crippen LogP contribution in [0.15, 0.2) is 18.2 Å². The molecule has 1 aromatic carbocycles. The van der Waals surface area contributed by atoms with Crippen LogP contribution >= 0.6 is 0 Å². The summed E-state index contributed by atoms with van der Waals surface area (Å²) in [4.78, 5) is 23.9. The number of hydrogen-bond acceptors (Lipinski definition) is 5. The lowest BCUT2D eigenvalue weighted by Gasteiger charge is -2.23. The first kappa shape index (κ1) is 17.5. The number of fused-ring (bicyclic) bond motifs is 2. The lowest BCUT2D eigenvalue weighted by molar-refractivity contribution is -0.147. The van der Waals surface area contributed by atoms with Crippen LogP contribution in [0.5, 0.6) is 11.5 Å². The zero-order valence-corrected chi connectivity index (χ0v) is 14.4.